The lowest BCUT2D eigenvalue weighted by molar-refractivity contribution is -0.147. The molecule has 0 spiro atoms. The highest BCUT2D eigenvalue weighted by atomic mass is 16.5. The Kier molecular flexibility index (Phi) is 6.29. The van der Waals surface area contributed by atoms with Crippen molar-refractivity contribution in [2.24, 2.45) is 11.8 Å². The van der Waals surface area contributed by atoms with Crippen LogP contribution in [0.1, 0.15) is 30.9 Å². The predicted molar refractivity (Wildman–Crippen MR) is 111 cm³/mol. The molecule has 3 atom stereocenters. The molecule has 7 nitrogen and oxygen atoms in total. The summed E-state index contributed by atoms with van der Waals surface area (Å²) in [5.74, 6) is -1.36. The van der Waals surface area contributed by atoms with Crippen LogP contribution < -0.4 is 5.32 Å². The summed E-state index contributed by atoms with van der Waals surface area (Å²) in [6.07, 6.45) is 5.06. The lowest BCUT2D eigenvalue weighted by Crippen LogP contribution is -2.48. The van der Waals surface area contributed by atoms with Crippen molar-refractivity contribution in [2.45, 2.75) is 38.9 Å². The van der Waals surface area contributed by atoms with Crippen LogP contribution in [0.5, 0.6) is 0 Å². The summed E-state index contributed by atoms with van der Waals surface area (Å²) in [5.41, 5.74) is 2.21. The largest absolute Gasteiger partial charge is 0.379 e. The standard InChI is InChI=1S/C23H29N3O4/c1-16(26-22(28)19-8-4-5-9-20(19)23(26)29)21(27)24-14-17-6-2-3-7-18(17)15-25-10-12-30-13-11-25/h2-7,16,19-20H,8-15H2,1H3,(H,24,27)/t16-,19+,20+/m1/s1. The fourth-order valence-electron chi connectivity index (χ4n) is 4.54. The number of hydrogen-bond donors (Lipinski definition) is 1. The number of rotatable bonds is 6. The summed E-state index contributed by atoms with van der Waals surface area (Å²) in [4.78, 5) is 41.8. The molecule has 3 aliphatic rings. The number of hydrogen-bond acceptors (Lipinski definition) is 5. The van der Waals surface area contributed by atoms with Crippen LogP contribution in [0.15, 0.2) is 36.4 Å². The molecule has 0 bridgehead atoms. The number of amides is 3. The van der Waals surface area contributed by atoms with Gasteiger partial charge in [0.2, 0.25) is 17.7 Å². The van der Waals surface area contributed by atoms with Crippen LogP contribution in [0.4, 0.5) is 0 Å². The predicted octanol–water partition coefficient (Wildman–Crippen LogP) is 1.47. The molecule has 7 heteroatoms. The van der Waals surface area contributed by atoms with E-state index in [9.17, 15) is 14.4 Å². The quantitative estimate of drug-likeness (QED) is 0.567. The number of fused-ring (bicyclic) bond motifs is 1. The van der Waals surface area contributed by atoms with E-state index in [0.717, 1.165) is 44.0 Å². The van der Waals surface area contributed by atoms with Crippen LogP contribution in [-0.2, 0) is 32.2 Å². The summed E-state index contributed by atoms with van der Waals surface area (Å²) >= 11 is 0. The molecule has 1 aromatic rings. The third-order valence-corrected chi connectivity index (χ3v) is 6.38. The van der Waals surface area contributed by atoms with Gasteiger partial charge in [0.25, 0.3) is 0 Å². The van der Waals surface area contributed by atoms with Gasteiger partial charge in [-0.25, -0.2) is 0 Å². The zero-order valence-corrected chi connectivity index (χ0v) is 17.4. The molecule has 4 rings (SSSR count). The van der Waals surface area contributed by atoms with Crippen molar-refractivity contribution < 1.29 is 19.1 Å². The minimum atomic E-state index is -0.804. The van der Waals surface area contributed by atoms with Crippen LogP contribution >= 0.6 is 0 Å². The van der Waals surface area contributed by atoms with Gasteiger partial charge in [-0.05, 0) is 30.9 Å². The van der Waals surface area contributed by atoms with E-state index in [1.54, 1.807) is 6.92 Å². The molecular weight excluding hydrogens is 382 g/mol. The Balaban J connectivity index is 1.38. The van der Waals surface area contributed by atoms with Crippen LogP contribution in [-0.4, -0.2) is 59.9 Å². The van der Waals surface area contributed by atoms with Gasteiger partial charge in [-0.3, -0.25) is 24.2 Å². The lowest BCUT2D eigenvalue weighted by atomic mass is 9.85. The second-order valence-electron chi connectivity index (χ2n) is 8.25. The van der Waals surface area contributed by atoms with Gasteiger partial charge in [-0.2, -0.15) is 0 Å². The first-order chi connectivity index (χ1) is 14.6. The molecule has 3 amide bonds. The SMILES string of the molecule is C[C@H](C(=O)NCc1ccccc1CN1CCOCC1)N1C(=O)[C@H]2CC=CC[C@@H]2C1=O. The summed E-state index contributed by atoms with van der Waals surface area (Å²) in [6.45, 7) is 6.09. The number of imide groups is 1. The Hall–Kier alpha value is -2.51. The number of ether oxygens (including phenoxy) is 1. The normalized spacial score (nSPS) is 25.3. The number of morpholine rings is 1. The molecule has 160 valence electrons. The topological polar surface area (TPSA) is 79.0 Å². The Morgan fingerprint density at radius 3 is 2.30 bits per heavy atom. The summed E-state index contributed by atoms with van der Waals surface area (Å²) in [7, 11) is 0. The minimum absolute atomic E-state index is 0.218. The van der Waals surface area contributed by atoms with Gasteiger partial charge in [0.05, 0.1) is 25.0 Å². The summed E-state index contributed by atoms with van der Waals surface area (Å²) < 4.78 is 5.41. The molecule has 2 saturated heterocycles. The van der Waals surface area contributed by atoms with E-state index in [-0.39, 0.29) is 29.6 Å². The smallest absolute Gasteiger partial charge is 0.243 e. The fraction of sp³-hybridized carbons (Fsp3) is 0.522. The zero-order valence-electron chi connectivity index (χ0n) is 17.4. The highest BCUT2D eigenvalue weighted by molar-refractivity contribution is 6.08. The average Bonchev–Trinajstić information content (AvgIpc) is 3.03. The zero-order chi connectivity index (χ0) is 21.1. The highest BCUT2D eigenvalue weighted by Gasteiger charge is 2.50. The van der Waals surface area contributed by atoms with E-state index in [2.05, 4.69) is 16.3 Å². The van der Waals surface area contributed by atoms with Crippen LogP contribution in [0, 0.1) is 11.8 Å². The van der Waals surface area contributed by atoms with E-state index in [4.69, 9.17) is 4.74 Å². The number of likely N-dealkylation sites (tertiary alicyclic amines) is 1. The van der Waals surface area contributed by atoms with E-state index >= 15 is 0 Å². The summed E-state index contributed by atoms with van der Waals surface area (Å²) in [5, 5.41) is 2.93. The first-order valence-corrected chi connectivity index (χ1v) is 10.7. The maximum Gasteiger partial charge on any atom is 0.243 e. The molecule has 2 fully saturated rings. The number of allylic oxidation sites excluding steroid dienone is 2. The first kappa shape index (κ1) is 20.8. The van der Waals surface area contributed by atoms with Gasteiger partial charge in [0.15, 0.2) is 0 Å². The molecule has 1 aromatic carbocycles. The number of carbonyl (C=O) groups is 3. The maximum atomic E-state index is 12.8. The third-order valence-electron chi connectivity index (χ3n) is 6.38. The average molecular weight is 412 g/mol. The van der Waals surface area contributed by atoms with E-state index in [1.807, 2.05) is 30.4 Å². The van der Waals surface area contributed by atoms with Crippen molar-refractivity contribution in [1.29, 1.82) is 0 Å². The van der Waals surface area contributed by atoms with Crippen molar-refractivity contribution in [3.8, 4) is 0 Å². The molecule has 0 aromatic heterocycles. The monoisotopic (exact) mass is 411 g/mol. The molecule has 1 N–H and O–H groups in total. The molecule has 0 unspecified atom stereocenters. The van der Waals surface area contributed by atoms with E-state index in [1.165, 1.54) is 4.90 Å². The second-order valence-corrected chi connectivity index (χ2v) is 8.25. The van der Waals surface area contributed by atoms with Crippen LogP contribution in [0.25, 0.3) is 0 Å². The third kappa shape index (κ3) is 4.18. The van der Waals surface area contributed by atoms with Crippen molar-refractivity contribution in [1.82, 2.24) is 15.1 Å². The van der Waals surface area contributed by atoms with Crippen molar-refractivity contribution >= 4 is 17.7 Å². The molecule has 30 heavy (non-hydrogen) atoms. The van der Waals surface area contributed by atoms with Gasteiger partial charge in [0, 0.05) is 26.2 Å². The Morgan fingerprint density at radius 1 is 1.07 bits per heavy atom. The fourth-order valence-corrected chi connectivity index (χ4v) is 4.54. The highest BCUT2D eigenvalue weighted by Crippen LogP contribution is 2.36. The molecule has 2 aliphatic heterocycles. The van der Waals surface area contributed by atoms with Gasteiger partial charge in [0.1, 0.15) is 6.04 Å². The first-order valence-electron chi connectivity index (χ1n) is 10.7. The van der Waals surface area contributed by atoms with Gasteiger partial charge in [-0.1, -0.05) is 36.4 Å². The second kappa shape index (κ2) is 9.10. The summed E-state index contributed by atoms with van der Waals surface area (Å²) in [6, 6.07) is 7.24. The van der Waals surface area contributed by atoms with E-state index < -0.39 is 6.04 Å². The molecule has 0 saturated carbocycles. The Morgan fingerprint density at radius 2 is 1.67 bits per heavy atom. The number of nitrogens with zero attached hydrogens (tertiary/aromatic N) is 2. The van der Waals surface area contributed by atoms with Gasteiger partial charge < -0.3 is 10.1 Å². The van der Waals surface area contributed by atoms with E-state index in [0.29, 0.717) is 19.4 Å². The van der Waals surface area contributed by atoms with Crippen molar-refractivity contribution in [3.05, 3.63) is 47.5 Å². The van der Waals surface area contributed by atoms with Crippen molar-refractivity contribution in [3.63, 3.8) is 0 Å². The Labute approximate surface area is 177 Å². The molecule has 2 heterocycles. The maximum absolute atomic E-state index is 12.8. The van der Waals surface area contributed by atoms with Crippen molar-refractivity contribution in [2.75, 3.05) is 26.3 Å². The minimum Gasteiger partial charge on any atom is -0.379 e. The lowest BCUT2D eigenvalue weighted by Gasteiger charge is -2.27. The number of carbonyl (C=O) groups excluding carboxylic acids is 3. The molecule has 0 radical (unpaired) electrons. The molecule has 1 aliphatic carbocycles. The van der Waals surface area contributed by atoms with Crippen LogP contribution in [0.3, 0.4) is 0 Å². The van der Waals surface area contributed by atoms with Gasteiger partial charge in [-0.15, -0.1) is 0 Å². The number of nitrogens with one attached hydrogen (secondary N) is 1. The van der Waals surface area contributed by atoms with Gasteiger partial charge >= 0.3 is 0 Å². The van der Waals surface area contributed by atoms with Crippen LogP contribution in [0.2, 0.25) is 0 Å². The number of benzene rings is 1. The Bertz CT molecular complexity index is 821. The molecular formula is C23H29N3O4.